The molecule has 0 bridgehead atoms. The van der Waals surface area contributed by atoms with Gasteiger partial charge in [-0.15, -0.1) is 11.3 Å². The number of aromatic nitrogens is 3. The molecular weight excluding hydrogens is 336 g/mol. The Hall–Kier alpha value is -2.19. The number of ketones is 1. The highest BCUT2D eigenvalue weighted by Gasteiger charge is 2.34. The van der Waals surface area contributed by atoms with E-state index in [1.807, 2.05) is 5.38 Å². The van der Waals surface area contributed by atoms with Gasteiger partial charge in [0.1, 0.15) is 6.04 Å². The van der Waals surface area contributed by atoms with Crippen LogP contribution in [0, 0.1) is 0 Å². The van der Waals surface area contributed by atoms with Crippen molar-refractivity contribution in [2.45, 2.75) is 25.3 Å². The smallest absolute Gasteiger partial charge is 0.202 e. The van der Waals surface area contributed by atoms with Crippen molar-refractivity contribution in [1.82, 2.24) is 20.5 Å². The van der Waals surface area contributed by atoms with E-state index in [1.165, 1.54) is 17.5 Å². The van der Waals surface area contributed by atoms with Gasteiger partial charge in [-0.1, -0.05) is 11.6 Å². The second-order valence-electron chi connectivity index (χ2n) is 5.27. The summed E-state index contributed by atoms with van der Waals surface area (Å²) in [6, 6.07) is -0.475. The van der Waals surface area contributed by atoms with Gasteiger partial charge in [0, 0.05) is 29.3 Å². The molecule has 0 fully saturated rings. The summed E-state index contributed by atoms with van der Waals surface area (Å²) >= 11 is 7.67. The minimum absolute atomic E-state index is 0.103. The van der Waals surface area contributed by atoms with E-state index >= 15 is 0 Å². The Bertz CT molecular complexity index is 809. The molecule has 3 N–H and O–H groups in total. The van der Waals surface area contributed by atoms with Gasteiger partial charge in [-0.3, -0.25) is 9.89 Å². The van der Waals surface area contributed by atoms with Crippen molar-refractivity contribution in [3.05, 3.63) is 39.8 Å². The maximum absolute atomic E-state index is 12.4. The first-order valence-electron chi connectivity index (χ1n) is 7.18. The van der Waals surface area contributed by atoms with Crippen LogP contribution >= 0.6 is 22.9 Å². The second-order valence-corrected chi connectivity index (χ2v) is 6.57. The van der Waals surface area contributed by atoms with Gasteiger partial charge in [0.05, 0.1) is 16.9 Å². The molecule has 1 atom stereocenters. The van der Waals surface area contributed by atoms with Gasteiger partial charge in [0.2, 0.25) is 5.96 Å². The van der Waals surface area contributed by atoms with E-state index in [1.54, 1.807) is 6.20 Å². The number of allylic oxidation sites excluding steroid dienone is 1. The van der Waals surface area contributed by atoms with Crippen LogP contribution in [0.2, 0.25) is 5.02 Å². The zero-order valence-corrected chi connectivity index (χ0v) is 13.5. The number of aliphatic imine (C=N–C) groups is 1. The van der Waals surface area contributed by atoms with Crippen LogP contribution in [0.5, 0.6) is 0 Å². The number of H-pyrrole nitrogens is 1. The molecule has 1 aliphatic heterocycles. The van der Waals surface area contributed by atoms with E-state index < -0.39 is 6.04 Å². The molecule has 3 heterocycles. The summed E-state index contributed by atoms with van der Waals surface area (Å²) < 4.78 is 0. The summed E-state index contributed by atoms with van der Waals surface area (Å²) in [4.78, 5) is 21.2. The number of guanidine groups is 1. The number of halogens is 1. The average Bonchev–Trinajstić information content (AvgIpc) is 3.18. The molecule has 0 spiro atoms. The van der Waals surface area contributed by atoms with Crippen molar-refractivity contribution in [3.8, 4) is 0 Å². The van der Waals surface area contributed by atoms with Gasteiger partial charge in [-0.05, 0) is 12.8 Å². The normalized spacial score (nSPS) is 20.8. The lowest BCUT2D eigenvalue weighted by atomic mass is 9.88. The third-order valence-electron chi connectivity index (χ3n) is 3.81. The largest absolute Gasteiger partial charge is 0.329 e. The maximum Gasteiger partial charge on any atom is 0.202 e. The quantitative estimate of drug-likeness (QED) is 0.775. The molecule has 7 nitrogen and oxygen atoms in total. The van der Waals surface area contributed by atoms with Crippen LogP contribution in [0.1, 0.15) is 31.0 Å². The first-order chi connectivity index (χ1) is 11.2. The SMILES string of the molecule is O=C1CCCC2=C1C(c1[nH]ncc1Cl)N=C(Nc1nccs1)N2. The first-order valence-corrected chi connectivity index (χ1v) is 8.44. The molecule has 9 heteroatoms. The highest BCUT2D eigenvalue weighted by atomic mass is 35.5. The summed E-state index contributed by atoms with van der Waals surface area (Å²) in [5, 5.41) is 16.3. The highest BCUT2D eigenvalue weighted by Crippen LogP contribution is 2.37. The third-order valence-corrected chi connectivity index (χ3v) is 4.80. The number of carbonyl (C=O) groups excluding carboxylic acids is 1. The number of aromatic amines is 1. The van der Waals surface area contributed by atoms with Crippen LogP contribution in [0.4, 0.5) is 5.13 Å². The Kier molecular flexibility index (Phi) is 3.62. The van der Waals surface area contributed by atoms with E-state index in [-0.39, 0.29) is 5.78 Å². The van der Waals surface area contributed by atoms with Crippen molar-refractivity contribution in [1.29, 1.82) is 0 Å². The molecule has 1 unspecified atom stereocenters. The number of hydrogen-bond acceptors (Lipinski definition) is 7. The molecule has 2 aromatic heterocycles. The van der Waals surface area contributed by atoms with Crippen LogP contribution in [-0.4, -0.2) is 26.9 Å². The lowest BCUT2D eigenvalue weighted by molar-refractivity contribution is -0.116. The van der Waals surface area contributed by atoms with Crippen molar-refractivity contribution in [3.63, 3.8) is 0 Å². The number of Topliss-reactive ketones (excluding diaryl/α,β-unsaturated/α-hetero) is 1. The molecule has 0 radical (unpaired) electrons. The standard InChI is InChI=1S/C14H13ClN6OS/c15-7-6-17-21-11(7)12-10-8(2-1-3-9(10)22)18-13(19-12)20-14-16-4-5-23-14/h4-6,12H,1-3H2,(H,17,21)(H2,16,18,19,20). The molecule has 0 saturated heterocycles. The fraction of sp³-hybridized carbons (Fsp3) is 0.286. The number of hydrogen-bond donors (Lipinski definition) is 3. The Labute approximate surface area is 140 Å². The molecule has 2 aromatic rings. The minimum atomic E-state index is -0.475. The van der Waals surface area contributed by atoms with E-state index in [9.17, 15) is 4.79 Å². The second kappa shape index (κ2) is 5.78. The summed E-state index contributed by atoms with van der Waals surface area (Å²) in [5.41, 5.74) is 2.20. The van der Waals surface area contributed by atoms with Gasteiger partial charge in [-0.25, -0.2) is 9.98 Å². The molecule has 23 heavy (non-hydrogen) atoms. The topological polar surface area (TPSA) is 95.1 Å². The number of carbonyl (C=O) groups is 1. The molecule has 0 amide bonds. The van der Waals surface area contributed by atoms with E-state index in [4.69, 9.17) is 11.6 Å². The molecule has 118 valence electrons. The summed E-state index contributed by atoms with van der Waals surface area (Å²) in [6.45, 7) is 0. The average molecular weight is 349 g/mol. The van der Waals surface area contributed by atoms with Crippen LogP contribution in [-0.2, 0) is 4.79 Å². The number of thiazole rings is 1. The Morgan fingerprint density at radius 2 is 2.30 bits per heavy atom. The van der Waals surface area contributed by atoms with Crippen molar-refractivity contribution in [2.24, 2.45) is 4.99 Å². The predicted molar refractivity (Wildman–Crippen MR) is 88.5 cm³/mol. The van der Waals surface area contributed by atoms with E-state index in [0.29, 0.717) is 28.7 Å². The first kappa shape index (κ1) is 14.4. The van der Waals surface area contributed by atoms with Crippen LogP contribution in [0.3, 0.4) is 0 Å². The Balaban J connectivity index is 1.74. The van der Waals surface area contributed by atoms with Gasteiger partial charge in [-0.2, -0.15) is 5.10 Å². The Morgan fingerprint density at radius 3 is 3.04 bits per heavy atom. The summed E-state index contributed by atoms with van der Waals surface area (Å²) in [6.07, 6.45) is 5.42. The van der Waals surface area contributed by atoms with Crippen molar-refractivity contribution >= 4 is 39.8 Å². The van der Waals surface area contributed by atoms with Crippen LogP contribution in [0.15, 0.2) is 34.0 Å². The third kappa shape index (κ3) is 2.64. The highest BCUT2D eigenvalue weighted by molar-refractivity contribution is 7.13. The lowest BCUT2D eigenvalue weighted by Crippen LogP contribution is -2.38. The number of nitrogens with zero attached hydrogens (tertiary/aromatic N) is 3. The molecule has 0 saturated carbocycles. The van der Waals surface area contributed by atoms with Gasteiger partial charge >= 0.3 is 0 Å². The zero-order valence-electron chi connectivity index (χ0n) is 12.0. The molecule has 4 rings (SSSR count). The van der Waals surface area contributed by atoms with Crippen molar-refractivity contribution in [2.75, 3.05) is 5.32 Å². The molecule has 1 aliphatic carbocycles. The molecule has 2 aliphatic rings. The fourth-order valence-electron chi connectivity index (χ4n) is 2.81. The van der Waals surface area contributed by atoms with Crippen LogP contribution in [0.25, 0.3) is 0 Å². The zero-order chi connectivity index (χ0) is 15.8. The molecule has 0 aromatic carbocycles. The fourth-order valence-corrected chi connectivity index (χ4v) is 3.53. The van der Waals surface area contributed by atoms with Crippen LogP contribution < -0.4 is 10.6 Å². The van der Waals surface area contributed by atoms with Gasteiger partial charge in [0.25, 0.3) is 0 Å². The van der Waals surface area contributed by atoms with E-state index in [0.717, 1.165) is 23.7 Å². The monoisotopic (exact) mass is 348 g/mol. The summed E-state index contributed by atoms with van der Waals surface area (Å²) in [5.74, 6) is 0.663. The number of rotatable bonds is 2. The lowest BCUT2D eigenvalue weighted by Gasteiger charge is -2.29. The predicted octanol–water partition coefficient (Wildman–Crippen LogP) is 2.64. The van der Waals surface area contributed by atoms with Gasteiger partial charge < -0.3 is 10.6 Å². The van der Waals surface area contributed by atoms with E-state index in [2.05, 4.69) is 30.8 Å². The van der Waals surface area contributed by atoms with Crippen molar-refractivity contribution < 1.29 is 4.79 Å². The van der Waals surface area contributed by atoms with Gasteiger partial charge in [0.15, 0.2) is 10.9 Å². The maximum atomic E-state index is 12.4. The number of anilines is 1. The minimum Gasteiger partial charge on any atom is -0.329 e. The summed E-state index contributed by atoms with van der Waals surface area (Å²) in [7, 11) is 0. The molecular formula is C14H13ClN6OS. The Morgan fingerprint density at radius 1 is 1.39 bits per heavy atom. The number of nitrogens with one attached hydrogen (secondary N) is 3.